The summed E-state index contributed by atoms with van der Waals surface area (Å²) < 4.78 is 1.92. The van der Waals surface area contributed by atoms with Gasteiger partial charge in [0.25, 0.3) is 5.69 Å². The van der Waals surface area contributed by atoms with Gasteiger partial charge in [0, 0.05) is 30.3 Å². The van der Waals surface area contributed by atoms with Crippen molar-refractivity contribution in [3.05, 3.63) is 34.4 Å². The highest BCUT2D eigenvalue weighted by Crippen LogP contribution is 2.25. The number of nitro benzene ring substituents is 1. The molecule has 27 heavy (non-hydrogen) atoms. The van der Waals surface area contributed by atoms with Crippen LogP contribution < -0.4 is 5.32 Å². The SMILES string of the molecule is CCn1c(SCC(=O)NC2CCCCC2)nnc1-c1ccc([N+](=O)[O-])cc1. The smallest absolute Gasteiger partial charge is 0.269 e. The van der Waals surface area contributed by atoms with E-state index in [2.05, 4.69) is 15.5 Å². The number of nitrogens with zero attached hydrogens (tertiary/aromatic N) is 4. The van der Waals surface area contributed by atoms with Crippen LogP contribution in [0.2, 0.25) is 0 Å². The summed E-state index contributed by atoms with van der Waals surface area (Å²) in [5, 5.41) is 23.0. The normalized spacial score (nSPS) is 14.9. The predicted octanol–water partition coefficient (Wildman–Crippen LogP) is 3.41. The molecule has 1 aromatic heterocycles. The van der Waals surface area contributed by atoms with Crippen molar-refractivity contribution in [1.82, 2.24) is 20.1 Å². The van der Waals surface area contributed by atoms with E-state index in [1.807, 2.05) is 11.5 Å². The number of thioether (sulfide) groups is 1. The number of hydrogen-bond acceptors (Lipinski definition) is 6. The maximum atomic E-state index is 12.2. The molecule has 0 bridgehead atoms. The van der Waals surface area contributed by atoms with Gasteiger partial charge in [-0.3, -0.25) is 14.9 Å². The number of rotatable bonds is 7. The molecule has 1 amide bonds. The van der Waals surface area contributed by atoms with Crippen molar-refractivity contribution in [2.45, 2.75) is 56.8 Å². The number of carbonyl (C=O) groups excluding carboxylic acids is 1. The fraction of sp³-hybridized carbons (Fsp3) is 0.500. The molecular weight excluding hydrogens is 366 g/mol. The van der Waals surface area contributed by atoms with Gasteiger partial charge in [0.2, 0.25) is 5.91 Å². The largest absolute Gasteiger partial charge is 0.353 e. The zero-order valence-corrected chi connectivity index (χ0v) is 16.1. The van der Waals surface area contributed by atoms with Gasteiger partial charge in [-0.05, 0) is 31.9 Å². The topological polar surface area (TPSA) is 103 Å². The third-order valence-electron chi connectivity index (χ3n) is 4.67. The molecule has 0 unspecified atom stereocenters. The first-order valence-corrected chi connectivity index (χ1v) is 10.2. The average molecular weight is 389 g/mol. The van der Waals surface area contributed by atoms with Gasteiger partial charge in [0.1, 0.15) is 0 Å². The molecule has 2 aromatic rings. The Kier molecular flexibility index (Phi) is 6.44. The van der Waals surface area contributed by atoms with Gasteiger partial charge in [0.05, 0.1) is 10.7 Å². The second kappa shape index (κ2) is 8.98. The molecule has 0 saturated heterocycles. The summed E-state index contributed by atoms with van der Waals surface area (Å²) in [6.45, 7) is 2.62. The van der Waals surface area contributed by atoms with Crippen molar-refractivity contribution in [3.63, 3.8) is 0 Å². The molecule has 1 heterocycles. The molecule has 0 spiro atoms. The van der Waals surface area contributed by atoms with E-state index < -0.39 is 4.92 Å². The Balaban J connectivity index is 1.64. The van der Waals surface area contributed by atoms with E-state index in [4.69, 9.17) is 0 Å². The number of aromatic nitrogens is 3. The van der Waals surface area contributed by atoms with Gasteiger partial charge < -0.3 is 9.88 Å². The first kappa shape index (κ1) is 19.3. The Hall–Kier alpha value is -2.42. The molecule has 9 heteroatoms. The highest BCUT2D eigenvalue weighted by molar-refractivity contribution is 7.99. The lowest BCUT2D eigenvalue weighted by molar-refractivity contribution is -0.384. The third kappa shape index (κ3) is 4.85. The van der Waals surface area contributed by atoms with Gasteiger partial charge in [-0.1, -0.05) is 31.0 Å². The molecule has 0 aliphatic heterocycles. The van der Waals surface area contributed by atoms with Crippen LogP contribution in [0.15, 0.2) is 29.4 Å². The van der Waals surface area contributed by atoms with Crippen molar-refractivity contribution in [2.24, 2.45) is 0 Å². The second-order valence-electron chi connectivity index (χ2n) is 6.55. The van der Waals surface area contributed by atoms with Gasteiger partial charge in [-0.25, -0.2) is 0 Å². The maximum absolute atomic E-state index is 12.2. The van der Waals surface area contributed by atoms with Crippen molar-refractivity contribution in [2.75, 3.05) is 5.75 Å². The van der Waals surface area contributed by atoms with E-state index in [1.54, 1.807) is 12.1 Å². The highest BCUT2D eigenvalue weighted by Gasteiger charge is 2.18. The number of carbonyl (C=O) groups is 1. The van der Waals surface area contributed by atoms with Crippen molar-refractivity contribution in [3.8, 4) is 11.4 Å². The van der Waals surface area contributed by atoms with E-state index in [9.17, 15) is 14.9 Å². The number of nitrogens with one attached hydrogen (secondary N) is 1. The van der Waals surface area contributed by atoms with Crippen molar-refractivity contribution in [1.29, 1.82) is 0 Å². The summed E-state index contributed by atoms with van der Waals surface area (Å²) in [7, 11) is 0. The van der Waals surface area contributed by atoms with Crippen LogP contribution in [-0.2, 0) is 11.3 Å². The van der Waals surface area contributed by atoms with Crippen molar-refractivity contribution >= 4 is 23.4 Å². The van der Waals surface area contributed by atoms with Crippen LogP contribution in [0.25, 0.3) is 11.4 Å². The Bertz CT molecular complexity index is 800. The summed E-state index contributed by atoms with van der Waals surface area (Å²) in [6.07, 6.45) is 5.74. The van der Waals surface area contributed by atoms with Gasteiger partial charge >= 0.3 is 0 Å². The van der Waals surface area contributed by atoms with Crippen molar-refractivity contribution < 1.29 is 9.72 Å². The maximum Gasteiger partial charge on any atom is 0.269 e. The minimum Gasteiger partial charge on any atom is -0.353 e. The van der Waals surface area contributed by atoms with Crippen LogP contribution in [0, 0.1) is 10.1 Å². The Morgan fingerprint density at radius 3 is 2.59 bits per heavy atom. The van der Waals surface area contributed by atoms with Crippen LogP contribution in [0.3, 0.4) is 0 Å². The molecule has 1 saturated carbocycles. The lowest BCUT2D eigenvalue weighted by Crippen LogP contribution is -2.37. The lowest BCUT2D eigenvalue weighted by Gasteiger charge is -2.22. The minimum absolute atomic E-state index is 0.0226. The quantitative estimate of drug-likeness (QED) is 0.442. The molecule has 0 atom stereocenters. The van der Waals surface area contributed by atoms with Crippen LogP contribution in [0.1, 0.15) is 39.0 Å². The summed E-state index contributed by atoms with van der Waals surface area (Å²) in [5.41, 5.74) is 0.795. The molecule has 0 radical (unpaired) electrons. The van der Waals surface area contributed by atoms with Gasteiger partial charge in [-0.15, -0.1) is 10.2 Å². The average Bonchev–Trinajstić information content (AvgIpc) is 3.10. The standard InChI is InChI=1S/C18H23N5O3S/c1-2-22-17(13-8-10-15(11-9-13)23(25)26)20-21-18(22)27-12-16(24)19-14-6-4-3-5-7-14/h8-11,14H,2-7,12H2,1H3,(H,19,24). The first-order chi connectivity index (χ1) is 13.1. The van der Waals surface area contributed by atoms with Crippen LogP contribution in [0.4, 0.5) is 5.69 Å². The fourth-order valence-corrected chi connectivity index (χ4v) is 4.09. The third-order valence-corrected chi connectivity index (χ3v) is 5.64. The van der Waals surface area contributed by atoms with E-state index in [1.165, 1.54) is 43.2 Å². The zero-order chi connectivity index (χ0) is 19.2. The molecule has 144 valence electrons. The zero-order valence-electron chi connectivity index (χ0n) is 15.3. The number of nitro groups is 1. The Labute approximate surface area is 161 Å². The van der Waals surface area contributed by atoms with Gasteiger partial charge in [0.15, 0.2) is 11.0 Å². The number of hydrogen-bond donors (Lipinski definition) is 1. The van der Waals surface area contributed by atoms with E-state index >= 15 is 0 Å². The summed E-state index contributed by atoms with van der Waals surface area (Å²) in [4.78, 5) is 22.6. The molecule has 8 nitrogen and oxygen atoms in total. The fourth-order valence-electron chi connectivity index (χ4n) is 3.27. The Morgan fingerprint density at radius 2 is 1.96 bits per heavy atom. The number of amides is 1. The van der Waals surface area contributed by atoms with Crippen LogP contribution in [-0.4, -0.2) is 37.4 Å². The van der Waals surface area contributed by atoms with E-state index in [0.29, 0.717) is 29.3 Å². The second-order valence-corrected chi connectivity index (χ2v) is 7.49. The lowest BCUT2D eigenvalue weighted by atomic mass is 9.95. The first-order valence-electron chi connectivity index (χ1n) is 9.18. The van der Waals surface area contributed by atoms with Crippen LogP contribution >= 0.6 is 11.8 Å². The molecule has 3 rings (SSSR count). The number of benzene rings is 1. The van der Waals surface area contributed by atoms with Gasteiger partial charge in [-0.2, -0.15) is 0 Å². The highest BCUT2D eigenvalue weighted by atomic mass is 32.2. The molecule has 1 N–H and O–H groups in total. The van der Waals surface area contributed by atoms with E-state index in [-0.39, 0.29) is 11.6 Å². The molecule has 1 aliphatic carbocycles. The van der Waals surface area contributed by atoms with Crippen LogP contribution in [0.5, 0.6) is 0 Å². The Morgan fingerprint density at radius 1 is 1.26 bits per heavy atom. The number of non-ortho nitro benzene ring substituents is 1. The molecule has 1 aromatic carbocycles. The summed E-state index contributed by atoms with van der Waals surface area (Å²) in [5.74, 6) is 0.964. The molecule has 1 fully saturated rings. The predicted molar refractivity (Wildman–Crippen MR) is 104 cm³/mol. The minimum atomic E-state index is -0.430. The summed E-state index contributed by atoms with van der Waals surface area (Å²) >= 11 is 1.36. The van der Waals surface area contributed by atoms with E-state index in [0.717, 1.165) is 18.4 Å². The molecular formula is C18H23N5O3S. The molecule has 1 aliphatic rings. The summed E-state index contributed by atoms with van der Waals surface area (Å²) in [6, 6.07) is 6.53. The monoisotopic (exact) mass is 389 g/mol.